The minimum atomic E-state index is -1.12. The molecule has 0 saturated carbocycles. The largest absolute Gasteiger partial charge is 0.478 e. The van der Waals surface area contributed by atoms with E-state index in [1.807, 2.05) is 25.2 Å². The van der Waals surface area contributed by atoms with Crippen LogP contribution < -0.4 is 10.6 Å². The van der Waals surface area contributed by atoms with E-state index in [1.165, 1.54) is 6.08 Å². The van der Waals surface area contributed by atoms with Gasteiger partial charge in [-0.05, 0) is 37.8 Å². The first-order valence-corrected chi connectivity index (χ1v) is 10.7. The second kappa shape index (κ2) is 13.0. The van der Waals surface area contributed by atoms with Crippen LogP contribution in [-0.4, -0.2) is 42.2 Å². The number of aliphatic carboxylic acids is 1. The second-order valence-electron chi connectivity index (χ2n) is 7.62. The van der Waals surface area contributed by atoms with Gasteiger partial charge in [0.2, 0.25) is 5.96 Å². The Hall–Kier alpha value is -3.48. The smallest absolute Gasteiger partial charge is 0.335 e. The number of amidine groups is 1. The summed E-state index contributed by atoms with van der Waals surface area (Å²) in [5.41, 5.74) is 2.74. The van der Waals surface area contributed by atoms with E-state index in [4.69, 9.17) is 0 Å². The fraction of sp³-hybridized carbons (Fsp3) is 0.360. The SMILES string of the molecule is C=C(/C=C\CC(C)C)NC1=NC(=C/C(=C)C(=O)O)/C(=C\C)C(=C)/C1=N\C(=N/C)NCCC. The molecule has 0 spiro atoms. The van der Waals surface area contributed by atoms with Crippen LogP contribution in [0.15, 0.2) is 87.1 Å². The minimum absolute atomic E-state index is 0.0771. The van der Waals surface area contributed by atoms with Gasteiger partial charge in [-0.2, -0.15) is 0 Å². The van der Waals surface area contributed by atoms with Gasteiger partial charge in [0.15, 0.2) is 5.84 Å². The Bertz CT molecular complexity index is 943. The van der Waals surface area contributed by atoms with Gasteiger partial charge in [-0.1, -0.05) is 52.7 Å². The number of nitrogens with zero attached hydrogens (tertiary/aromatic N) is 3. The maximum absolute atomic E-state index is 11.3. The molecule has 1 aliphatic rings. The van der Waals surface area contributed by atoms with Gasteiger partial charge in [0, 0.05) is 30.4 Å². The lowest BCUT2D eigenvalue weighted by Crippen LogP contribution is -2.36. The van der Waals surface area contributed by atoms with Gasteiger partial charge >= 0.3 is 5.97 Å². The summed E-state index contributed by atoms with van der Waals surface area (Å²) < 4.78 is 0. The van der Waals surface area contributed by atoms with Crippen molar-refractivity contribution in [3.8, 4) is 0 Å². The number of allylic oxidation sites excluding steroid dienone is 4. The van der Waals surface area contributed by atoms with Crippen LogP contribution in [-0.2, 0) is 4.79 Å². The summed E-state index contributed by atoms with van der Waals surface area (Å²) >= 11 is 0. The number of carboxylic acid groups (broad SMARTS) is 1. The predicted molar refractivity (Wildman–Crippen MR) is 135 cm³/mol. The second-order valence-corrected chi connectivity index (χ2v) is 7.62. The zero-order valence-corrected chi connectivity index (χ0v) is 19.8. The lowest BCUT2D eigenvalue weighted by molar-refractivity contribution is -0.132. The Morgan fingerprint density at radius 1 is 1.31 bits per heavy atom. The molecule has 0 aliphatic carbocycles. The van der Waals surface area contributed by atoms with Crippen molar-refractivity contribution in [2.45, 2.75) is 40.5 Å². The van der Waals surface area contributed by atoms with Crippen molar-refractivity contribution in [3.05, 3.63) is 72.2 Å². The number of hydrogen-bond donors (Lipinski definition) is 3. The number of carboxylic acids is 1. The van der Waals surface area contributed by atoms with Gasteiger partial charge in [0.25, 0.3) is 0 Å². The molecule has 1 aliphatic heterocycles. The first-order chi connectivity index (χ1) is 15.1. The Labute approximate surface area is 191 Å². The molecule has 0 amide bonds. The van der Waals surface area contributed by atoms with Crippen LogP contribution in [0.4, 0.5) is 0 Å². The number of carbonyl (C=O) groups is 1. The summed E-state index contributed by atoms with van der Waals surface area (Å²) in [7, 11) is 1.66. The lowest BCUT2D eigenvalue weighted by atomic mass is 9.94. The summed E-state index contributed by atoms with van der Waals surface area (Å²) in [6.45, 7) is 20.7. The molecule has 7 nitrogen and oxygen atoms in total. The maximum atomic E-state index is 11.3. The number of nitrogens with one attached hydrogen (secondary N) is 2. The summed E-state index contributed by atoms with van der Waals surface area (Å²) in [6.07, 6.45) is 9.00. The van der Waals surface area contributed by atoms with E-state index in [2.05, 4.69) is 66.1 Å². The molecule has 0 aromatic carbocycles. The molecule has 0 fully saturated rings. The molecular weight excluding hydrogens is 402 g/mol. The standard InChI is InChI=1S/C25H35N5O2/c1-9-14-27-25(26-8)30-22-19(7)20(10-2)21(15-17(5)24(31)32)29-23(22)28-18(6)13-11-12-16(3)4/h10-11,13,15-16H,5-7,9,12,14H2,1-4,8H3,(H,26,27)(H,28,29)(H,31,32)/b13-11-,20-10-,21-15+,30-22+. The molecule has 0 bridgehead atoms. The van der Waals surface area contributed by atoms with Gasteiger partial charge in [-0.25, -0.2) is 14.8 Å². The molecule has 1 rings (SSSR count). The number of guanidine groups is 1. The van der Waals surface area contributed by atoms with Crippen LogP contribution in [0.3, 0.4) is 0 Å². The highest BCUT2D eigenvalue weighted by Gasteiger charge is 2.26. The van der Waals surface area contributed by atoms with Crippen LogP contribution in [0.2, 0.25) is 0 Å². The molecule has 0 unspecified atom stereocenters. The highest BCUT2D eigenvalue weighted by Crippen LogP contribution is 2.27. The van der Waals surface area contributed by atoms with Crippen molar-refractivity contribution in [2.75, 3.05) is 13.6 Å². The van der Waals surface area contributed by atoms with Crippen molar-refractivity contribution in [2.24, 2.45) is 20.9 Å². The van der Waals surface area contributed by atoms with E-state index in [1.54, 1.807) is 7.05 Å². The van der Waals surface area contributed by atoms with Crippen LogP contribution in [0.25, 0.3) is 0 Å². The minimum Gasteiger partial charge on any atom is -0.478 e. The van der Waals surface area contributed by atoms with Crippen LogP contribution >= 0.6 is 0 Å². The monoisotopic (exact) mass is 437 g/mol. The van der Waals surface area contributed by atoms with Crippen molar-refractivity contribution < 1.29 is 9.90 Å². The number of aliphatic imine (C=N–C) groups is 3. The van der Waals surface area contributed by atoms with E-state index < -0.39 is 5.97 Å². The van der Waals surface area contributed by atoms with Crippen LogP contribution in [0.5, 0.6) is 0 Å². The lowest BCUT2D eigenvalue weighted by Gasteiger charge is -2.23. The van der Waals surface area contributed by atoms with E-state index in [0.29, 0.717) is 46.0 Å². The number of rotatable bonds is 8. The van der Waals surface area contributed by atoms with E-state index in [-0.39, 0.29) is 5.57 Å². The van der Waals surface area contributed by atoms with Gasteiger partial charge in [0.05, 0.1) is 11.3 Å². The third-order valence-corrected chi connectivity index (χ3v) is 4.39. The Balaban J connectivity index is 3.52. The normalized spacial score (nSPS) is 18.6. The fourth-order valence-corrected chi connectivity index (χ4v) is 2.71. The highest BCUT2D eigenvalue weighted by atomic mass is 16.4. The van der Waals surface area contributed by atoms with Gasteiger partial charge in [-0.15, -0.1) is 0 Å². The zero-order valence-electron chi connectivity index (χ0n) is 19.8. The molecule has 0 aromatic heterocycles. The maximum Gasteiger partial charge on any atom is 0.335 e. The van der Waals surface area contributed by atoms with Crippen molar-refractivity contribution in [3.63, 3.8) is 0 Å². The van der Waals surface area contributed by atoms with Gasteiger partial charge in [-0.3, -0.25) is 4.99 Å². The predicted octanol–water partition coefficient (Wildman–Crippen LogP) is 4.56. The van der Waals surface area contributed by atoms with Crippen LogP contribution in [0.1, 0.15) is 40.5 Å². The summed E-state index contributed by atoms with van der Waals surface area (Å²) in [5, 5.41) is 15.6. The number of hydrogen-bond acceptors (Lipinski definition) is 4. The third kappa shape index (κ3) is 7.98. The van der Waals surface area contributed by atoms with Crippen LogP contribution in [0, 0.1) is 5.92 Å². The van der Waals surface area contributed by atoms with Gasteiger partial charge < -0.3 is 15.7 Å². The molecule has 7 heteroatoms. The Kier molecular flexibility index (Phi) is 10.8. The molecule has 0 radical (unpaired) electrons. The third-order valence-electron chi connectivity index (χ3n) is 4.39. The topological polar surface area (TPSA) is 98.4 Å². The summed E-state index contributed by atoms with van der Waals surface area (Å²) in [6, 6.07) is 0. The molecular formula is C25H35N5O2. The highest BCUT2D eigenvalue weighted by molar-refractivity contribution is 6.51. The average Bonchev–Trinajstić information content (AvgIpc) is 2.72. The molecule has 0 atom stereocenters. The summed E-state index contributed by atoms with van der Waals surface area (Å²) in [4.78, 5) is 24.8. The zero-order chi connectivity index (χ0) is 24.3. The van der Waals surface area contributed by atoms with Crippen molar-refractivity contribution >= 4 is 23.5 Å². The van der Waals surface area contributed by atoms with E-state index >= 15 is 0 Å². The average molecular weight is 438 g/mol. The fourth-order valence-electron chi connectivity index (χ4n) is 2.71. The summed E-state index contributed by atoms with van der Waals surface area (Å²) in [5.74, 6) is 0.276. The van der Waals surface area contributed by atoms with E-state index in [9.17, 15) is 9.90 Å². The molecule has 172 valence electrons. The molecule has 32 heavy (non-hydrogen) atoms. The van der Waals surface area contributed by atoms with Crippen molar-refractivity contribution in [1.29, 1.82) is 0 Å². The molecule has 0 aromatic rings. The first-order valence-electron chi connectivity index (χ1n) is 10.7. The molecule has 1 heterocycles. The van der Waals surface area contributed by atoms with Crippen molar-refractivity contribution in [1.82, 2.24) is 10.6 Å². The van der Waals surface area contributed by atoms with Gasteiger partial charge in [0.1, 0.15) is 5.71 Å². The molecule has 0 saturated heterocycles. The Morgan fingerprint density at radius 3 is 2.53 bits per heavy atom. The quantitative estimate of drug-likeness (QED) is 0.224. The first kappa shape index (κ1) is 26.6. The molecule has 3 N–H and O–H groups in total. The Morgan fingerprint density at radius 2 is 2.00 bits per heavy atom. The van der Waals surface area contributed by atoms with E-state index in [0.717, 1.165) is 19.4 Å².